The van der Waals surface area contributed by atoms with Crippen LogP contribution in [0, 0.1) is 6.92 Å². The van der Waals surface area contributed by atoms with Crippen LogP contribution >= 0.6 is 23.8 Å². The molecule has 9 heteroatoms. The van der Waals surface area contributed by atoms with E-state index in [1.54, 1.807) is 48.5 Å². The minimum absolute atomic E-state index is 0.0317. The molecule has 0 aromatic heterocycles. The second-order valence-electron chi connectivity index (χ2n) is 9.11. The lowest BCUT2D eigenvalue weighted by molar-refractivity contribution is -0.127. The van der Waals surface area contributed by atoms with Crippen LogP contribution in [0.5, 0.6) is 0 Å². The number of hydrazine groups is 1. The van der Waals surface area contributed by atoms with E-state index < -0.39 is 17.9 Å². The van der Waals surface area contributed by atoms with Gasteiger partial charge in [0.05, 0.1) is 12.1 Å². The molecule has 1 aliphatic heterocycles. The first-order chi connectivity index (χ1) is 17.7. The third kappa shape index (κ3) is 5.81. The molecule has 3 aromatic carbocycles. The van der Waals surface area contributed by atoms with Crippen LogP contribution in [0.25, 0.3) is 0 Å². The van der Waals surface area contributed by atoms with Gasteiger partial charge in [0.25, 0.3) is 5.91 Å². The molecular formula is C28H27ClN4O3S. The van der Waals surface area contributed by atoms with Crippen LogP contribution in [0.3, 0.4) is 0 Å². The van der Waals surface area contributed by atoms with E-state index in [2.05, 4.69) is 24.6 Å². The van der Waals surface area contributed by atoms with Crippen molar-refractivity contribution >= 4 is 58.0 Å². The highest BCUT2D eigenvalue weighted by atomic mass is 35.5. The number of halogens is 1. The molecule has 0 aliphatic carbocycles. The Morgan fingerprint density at radius 2 is 1.70 bits per heavy atom. The van der Waals surface area contributed by atoms with Gasteiger partial charge >= 0.3 is 0 Å². The lowest BCUT2D eigenvalue weighted by atomic mass is 10.0. The number of nitrogens with one attached hydrogen (secondary N) is 2. The van der Waals surface area contributed by atoms with E-state index in [0.717, 1.165) is 11.1 Å². The second kappa shape index (κ2) is 11.1. The van der Waals surface area contributed by atoms with Crippen molar-refractivity contribution in [2.24, 2.45) is 0 Å². The molecule has 3 amide bonds. The summed E-state index contributed by atoms with van der Waals surface area (Å²) in [5.41, 5.74) is 6.13. The molecule has 2 N–H and O–H groups in total. The number of benzene rings is 3. The van der Waals surface area contributed by atoms with Gasteiger partial charge in [0, 0.05) is 16.3 Å². The molecule has 7 nitrogen and oxygen atoms in total. The number of amides is 3. The van der Waals surface area contributed by atoms with Crippen molar-refractivity contribution in [2.75, 3.05) is 10.2 Å². The van der Waals surface area contributed by atoms with Crippen molar-refractivity contribution in [1.82, 2.24) is 10.4 Å². The predicted molar refractivity (Wildman–Crippen MR) is 150 cm³/mol. The summed E-state index contributed by atoms with van der Waals surface area (Å²) in [6.07, 6.45) is -0.212. The van der Waals surface area contributed by atoms with Crippen molar-refractivity contribution in [2.45, 2.75) is 39.2 Å². The third-order valence-electron chi connectivity index (χ3n) is 6.15. The van der Waals surface area contributed by atoms with Crippen molar-refractivity contribution < 1.29 is 14.4 Å². The van der Waals surface area contributed by atoms with E-state index in [0.29, 0.717) is 27.9 Å². The Hall–Kier alpha value is -3.75. The predicted octanol–water partition coefficient (Wildman–Crippen LogP) is 5.45. The van der Waals surface area contributed by atoms with Crippen LogP contribution in [0.15, 0.2) is 72.8 Å². The number of nitrogens with zero attached hydrogens (tertiary/aromatic N) is 2. The molecule has 0 radical (unpaired) electrons. The van der Waals surface area contributed by atoms with Gasteiger partial charge in [0.1, 0.15) is 6.04 Å². The van der Waals surface area contributed by atoms with E-state index >= 15 is 0 Å². The first-order valence-electron chi connectivity index (χ1n) is 11.8. The number of hydrogen-bond acceptors (Lipinski definition) is 4. The van der Waals surface area contributed by atoms with E-state index in [1.807, 2.05) is 31.2 Å². The molecule has 37 heavy (non-hydrogen) atoms. The van der Waals surface area contributed by atoms with Gasteiger partial charge in [-0.3, -0.25) is 24.7 Å². The second-order valence-corrected chi connectivity index (χ2v) is 9.88. The Morgan fingerprint density at radius 1 is 1.03 bits per heavy atom. The summed E-state index contributed by atoms with van der Waals surface area (Å²) in [4.78, 5) is 41.0. The molecule has 1 aliphatic rings. The number of carbonyl (C=O) groups is 3. The van der Waals surface area contributed by atoms with E-state index in [1.165, 1.54) is 9.91 Å². The van der Waals surface area contributed by atoms with Gasteiger partial charge in [-0.1, -0.05) is 61.8 Å². The molecule has 190 valence electrons. The molecule has 1 atom stereocenters. The lowest BCUT2D eigenvalue weighted by Crippen LogP contribution is -2.65. The monoisotopic (exact) mass is 534 g/mol. The topological polar surface area (TPSA) is 81.8 Å². The van der Waals surface area contributed by atoms with Gasteiger partial charge in [-0.2, -0.15) is 0 Å². The molecule has 1 heterocycles. The van der Waals surface area contributed by atoms with Crippen LogP contribution in [-0.2, 0) is 9.59 Å². The molecule has 0 saturated carbocycles. The SMILES string of the molecule is Cc1ccc(N2C(=O)C[C@H](C(=O)Nc3ccc(C(C)C)cc3)N(NC(=O)c3ccccc3)C2=S)cc1Cl. The largest absolute Gasteiger partial charge is 0.324 e. The Bertz CT molecular complexity index is 1350. The summed E-state index contributed by atoms with van der Waals surface area (Å²) in [6.45, 7) is 6.02. The first kappa shape index (κ1) is 26.3. The number of aryl methyl sites for hydroxylation is 1. The van der Waals surface area contributed by atoms with Crippen molar-refractivity contribution in [1.29, 1.82) is 0 Å². The molecule has 1 saturated heterocycles. The highest BCUT2D eigenvalue weighted by Gasteiger charge is 2.42. The zero-order valence-corrected chi connectivity index (χ0v) is 22.3. The van der Waals surface area contributed by atoms with Crippen LogP contribution in [0.1, 0.15) is 47.7 Å². The molecule has 0 unspecified atom stereocenters. The van der Waals surface area contributed by atoms with E-state index in [-0.39, 0.29) is 17.4 Å². The number of anilines is 2. The van der Waals surface area contributed by atoms with Gasteiger partial charge in [-0.25, -0.2) is 5.01 Å². The van der Waals surface area contributed by atoms with E-state index in [9.17, 15) is 14.4 Å². The zero-order valence-electron chi connectivity index (χ0n) is 20.7. The Kier molecular flexibility index (Phi) is 7.90. The zero-order chi connectivity index (χ0) is 26.7. The molecule has 4 rings (SSSR count). The molecule has 3 aromatic rings. The highest BCUT2D eigenvalue weighted by molar-refractivity contribution is 7.80. The van der Waals surface area contributed by atoms with Gasteiger partial charge in [-0.05, 0) is 72.6 Å². The quantitative estimate of drug-likeness (QED) is 0.411. The summed E-state index contributed by atoms with van der Waals surface area (Å²) in [5, 5.41) is 4.56. The standard InChI is InChI=1S/C28H27ClN4O3S/c1-17(2)19-10-12-21(13-11-19)30-27(36)24-16-25(34)32(22-14-9-18(3)23(29)15-22)28(37)33(24)31-26(35)20-7-5-4-6-8-20/h4-15,17,24H,16H2,1-3H3,(H,30,36)(H,31,35)/t24-/m1/s1. The first-order valence-corrected chi connectivity index (χ1v) is 12.6. The van der Waals surface area contributed by atoms with E-state index in [4.69, 9.17) is 23.8 Å². The van der Waals surface area contributed by atoms with Gasteiger partial charge < -0.3 is 5.32 Å². The summed E-state index contributed by atoms with van der Waals surface area (Å²) >= 11 is 12.0. The maximum atomic E-state index is 13.4. The van der Waals surface area contributed by atoms with Crippen LogP contribution in [0.2, 0.25) is 5.02 Å². The number of hydrogen-bond donors (Lipinski definition) is 2. The smallest absolute Gasteiger partial charge is 0.269 e. The Labute approximate surface area is 226 Å². The molecular weight excluding hydrogens is 508 g/mol. The average molecular weight is 535 g/mol. The summed E-state index contributed by atoms with van der Waals surface area (Å²) in [6, 6.07) is 20.1. The number of rotatable bonds is 6. The van der Waals surface area contributed by atoms with Crippen molar-refractivity contribution in [3.8, 4) is 0 Å². The lowest BCUT2D eigenvalue weighted by Gasteiger charge is -2.41. The van der Waals surface area contributed by atoms with Crippen molar-refractivity contribution in [3.63, 3.8) is 0 Å². The fourth-order valence-corrected chi connectivity index (χ4v) is 4.50. The normalized spacial score (nSPS) is 15.6. The Balaban J connectivity index is 1.64. The summed E-state index contributed by atoms with van der Waals surface area (Å²) in [5.74, 6) is -0.963. The fraction of sp³-hybridized carbons (Fsp3) is 0.214. The maximum Gasteiger partial charge on any atom is 0.269 e. The third-order valence-corrected chi connectivity index (χ3v) is 6.93. The van der Waals surface area contributed by atoms with Crippen molar-refractivity contribution in [3.05, 3.63) is 94.5 Å². The van der Waals surface area contributed by atoms with Crippen LogP contribution < -0.4 is 15.6 Å². The minimum Gasteiger partial charge on any atom is -0.324 e. The molecule has 1 fully saturated rings. The highest BCUT2D eigenvalue weighted by Crippen LogP contribution is 2.29. The summed E-state index contributed by atoms with van der Waals surface area (Å²) in [7, 11) is 0. The van der Waals surface area contributed by atoms with Crippen LogP contribution in [0.4, 0.5) is 11.4 Å². The van der Waals surface area contributed by atoms with Gasteiger partial charge in [0.2, 0.25) is 16.9 Å². The fourth-order valence-electron chi connectivity index (χ4n) is 3.95. The van der Waals surface area contributed by atoms with Gasteiger partial charge in [0.15, 0.2) is 0 Å². The minimum atomic E-state index is -1.06. The van der Waals surface area contributed by atoms with Gasteiger partial charge in [-0.15, -0.1) is 0 Å². The Morgan fingerprint density at radius 3 is 2.32 bits per heavy atom. The molecule has 0 spiro atoms. The summed E-state index contributed by atoms with van der Waals surface area (Å²) < 4.78 is 0. The maximum absolute atomic E-state index is 13.4. The average Bonchev–Trinajstić information content (AvgIpc) is 2.88. The number of carbonyl (C=O) groups excluding carboxylic acids is 3. The van der Waals surface area contributed by atoms with Crippen LogP contribution in [-0.4, -0.2) is 33.9 Å². The number of thiocarbonyl (C=S) groups is 1. The molecule has 0 bridgehead atoms.